The van der Waals surface area contributed by atoms with Crippen LogP contribution in [0.5, 0.6) is 5.75 Å². The summed E-state index contributed by atoms with van der Waals surface area (Å²) in [7, 11) is 1.70. The normalized spacial score (nSPS) is 11.2. The molecule has 0 aliphatic heterocycles. The maximum absolute atomic E-state index is 13.1. The molecule has 2 N–H and O–H groups in total. The molecule has 0 saturated carbocycles. The monoisotopic (exact) mass is 470 g/mol. The number of carbonyl (C=O) groups is 1. The number of hydrogen-bond acceptors (Lipinski definition) is 7. The highest BCUT2D eigenvalue weighted by molar-refractivity contribution is 6.00. The Hall–Kier alpha value is -3.16. The fraction of sp³-hybridized carbons (Fsp3) is 0.538. The van der Waals surface area contributed by atoms with E-state index < -0.39 is 11.6 Å². The van der Waals surface area contributed by atoms with Gasteiger partial charge in [-0.3, -0.25) is 9.36 Å². The number of rotatable bonds is 13. The molecule has 2 aromatic rings. The van der Waals surface area contributed by atoms with Gasteiger partial charge < -0.3 is 20.2 Å². The van der Waals surface area contributed by atoms with E-state index in [1.165, 1.54) is 0 Å². The van der Waals surface area contributed by atoms with Gasteiger partial charge in [0.2, 0.25) is 0 Å². The summed E-state index contributed by atoms with van der Waals surface area (Å²) in [6, 6.07) is 7.61. The zero-order chi connectivity index (χ0) is 25.3. The van der Waals surface area contributed by atoms with E-state index in [0.29, 0.717) is 54.7 Å². The fourth-order valence-corrected chi connectivity index (χ4v) is 3.72. The molecule has 0 unspecified atom stereocenters. The van der Waals surface area contributed by atoms with Gasteiger partial charge in [0.25, 0.3) is 5.56 Å². The van der Waals surface area contributed by atoms with Gasteiger partial charge in [-0.05, 0) is 57.7 Å². The SMILES string of the molecule is CCCC(=N)c1nc(CC)n(CCCc2ccc(OC(C)(C)C(=O)OCC)cc2)c(=O)c1NC. The maximum atomic E-state index is 13.1. The lowest BCUT2D eigenvalue weighted by atomic mass is 10.1. The Morgan fingerprint density at radius 1 is 1.18 bits per heavy atom. The number of hydrogen-bond donors (Lipinski definition) is 2. The smallest absolute Gasteiger partial charge is 0.349 e. The largest absolute Gasteiger partial charge is 0.476 e. The van der Waals surface area contributed by atoms with Crippen LogP contribution in [-0.4, -0.2) is 40.5 Å². The zero-order valence-electron chi connectivity index (χ0n) is 21.3. The van der Waals surface area contributed by atoms with Crippen LogP contribution in [0, 0.1) is 5.41 Å². The van der Waals surface area contributed by atoms with Gasteiger partial charge in [0.05, 0.1) is 12.3 Å². The summed E-state index contributed by atoms with van der Waals surface area (Å²) in [5, 5.41) is 11.3. The van der Waals surface area contributed by atoms with Crippen molar-refractivity contribution in [2.75, 3.05) is 19.0 Å². The van der Waals surface area contributed by atoms with Gasteiger partial charge in [0.1, 0.15) is 23.0 Å². The van der Waals surface area contributed by atoms with Crippen molar-refractivity contribution in [1.82, 2.24) is 9.55 Å². The van der Waals surface area contributed by atoms with E-state index in [0.717, 1.165) is 24.8 Å². The van der Waals surface area contributed by atoms with Crippen molar-refractivity contribution in [2.24, 2.45) is 0 Å². The number of esters is 1. The van der Waals surface area contributed by atoms with E-state index in [1.807, 2.05) is 38.1 Å². The predicted octanol–water partition coefficient (Wildman–Crippen LogP) is 4.37. The van der Waals surface area contributed by atoms with Crippen LogP contribution in [0.3, 0.4) is 0 Å². The van der Waals surface area contributed by atoms with E-state index in [9.17, 15) is 9.59 Å². The standard InChI is InChI=1S/C26H38N4O4/c1-7-11-20(27)22-23(28-6)24(31)30(21(8-2)29-22)17-10-12-18-13-15-19(16-14-18)34-26(4,5)25(32)33-9-3/h13-16,27-28H,7-12,17H2,1-6H3. The van der Waals surface area contributed by atoms with Gasteiger partial charge in [-0.25, -0.2) is 9.78 Å². The average molecular weight is 471 g/mol. The van der Waals surface area contributed by atoms with Crippen molar-refractivity contribution in [3.05, 3.63) is 51.7 Å². The first kappa shape index (κ1) is 27.1. The minimum atomic E-state index is -1.06. The number of anilines is 1. The van der Waals surface area contributed by atoms with Crippen LogP contribution in [0.4, 0.5) is 5.69 Å². The highest BCUT2D eigenvalue weighted by Crippen LogP contribution is 2.21. The summed E-state index contributed by atoms with van der Waals surface area (Å²) in [5.74, 6) is 0.894. The molecule has 2 rings (SSSR count). The number of aromatic nitrogens is 2. The molecule has 0 bridgehead atoms. The van der Waals surface area contributed by atoms with Crippen LogP contribution < -0.4 is 15.6 Å². The Labute approximate surface area is 202 Å². The quantitative estimate of drug-likeness (QED) is 0.333. The van der Waals surface area contributed by atoms with Crippen LogP contribution >= 0.6 is 0 Å². The Bertz CT molecular complexity index is 1040. The molecule has 0 saturated heterocycles. The molecule has 0 aliphatic rings. The minimum Gasteiger partial charge on any atom is -0.476 e. The molecule has 0 amide bonds. The van der Waals surface area contributed by atoms with Gasteiger partial charge in [-0.1, -0.05) is 32.4 Å². The Kier molecular flexibility index (Phi) is 9.83. The van der Waals surface area contributed by atoms with Crippen molar-refractivity contribution in [1.29, 1.82) is 5.41 Å². The van der Waals surface area contributed by atoms with E-state index >= 15 is 0 Å². The Morgan fingerprint density at radius 2 is 1.85 bits per heavy atom. The second kappa shape index (κ2) is 12.3. The molecule has 8 heteroatoms. The molecule has 8 nitrogen and oxygen atoms in total. The molecule has 1 aromatic heterocycles. The molecule has 0 atom stereocenters. The number of nitrogens with one attached hydrogen (secondary N) is 2. The number of aryl methyl sites for hydroxylation is 2. The number of benzene rings is 1. The Balaban J connectivity index is 2.10. The van der Waals surface area contributed by atoms with Crippen molar-refractivity contribution < 1.29 is 14.3 Å². The maximum Gasteiger partial charge on any atom is 0.349 e. The fourth-order valence-electron chi connectivity index (χ4n) is 3.72. The summed E-state index contributed by atoms with van der Waals surface area (Å²) in [6.45, 7) is 9.97. The molecule has 0 radical (unpaired) electrons. The lowest BCUT2D eigenvalue weighted by Gasteiger charge is -2.24. The summed E-state index contributed by atoms with van der Waals surface area (Å²) >= 11 is 0. The third kappa shape index (κ3) is 6.68. The van der Waals surface area contributed by atoms with Crippen LogP contribution in [0.15, 0.2) is 29.1 Å². The van der Waals surface area contributed by atoms with Gasteiger partial charge in [-0.2, -0.15) is 0 Å². The molecule has 0 fully saturated rings. The van der Waals surface area contributed by atoms with E-state index in [-0.39, 0.29) is 5.56 Å². The van der Waals surface area contributed by atoms with E-state index in [2.05, 4.69) is 10.3 Å². The second-order valence-corrected chi connectivity index (χ2v) is 8.62. The topological polar surface area (TPSA) is 106 Å². The summed E-state index contributed by atoms with van der Waals surface area (Å²) in [6.07, 6.45) is 3.58. The first-order valence-corrected chi connectivity index (χ1v) is 12.0. The first-order chi connectivity index (χ1) is 16.2. The van der Waals surface area contributed by atoms with Crippen molar-refractivity contribution in [2.45, 2.75) is 78.9 Å². The van der Waals surface area contributed by atoms with E-state index in [1.54, 1.807) is 32.4 Å². The predicted molar refractivity (Wildman–Crippen MR) is 135 cm³/mol. The van der Waals surface area contributed by atoms with Crippen LogP contribution in [0.25, 0.3) is 0 Å². The molecular formula is C26H38N4O4. The third-order valence-corrected chi connectivity index (χ3v) is 5.51. The summed E-state index contributed by atoms with van der Waals surface area (Å²) in [4.78, 5) is 29.8. The molecule has 1 heterocycles. The summed E-state index contributed by atoms with van der Waals surface area (Å²) < 4.78 is 12.6. The number of nitrogens with zero attached hydrogens (tertiary/aromatic N) is 2. The van der Waals surface area contributed by atoms with Crippen LogP contribution in [0.2, 0.25) is 0 Å². The van der Waals surface area contributed by atoms with Crippen LogP contribution in [-0.2, 0) is 28.9 Å². The van der Waals surface area contributed by atoms with Crippen molar-refractivity contribution >= 4 is 17.4 Å². The highest BCUT2D eigenvalue weighted by Gasteiger charge is 2.31. The zero-order valence-corrected chi connectivity index (χ0v) is 21.3. The molecule has 186 valence electrons. The van der Waals surface area contributed by atoms with Crippen molar-refractivity contribution in [3.63, 3.8) is 0 Å². The minimum absolute atomic E-state index is 0.129. The lowest BCUT2D eigenvalue weighted by molar-refractivity contribution is -0.158. The molecule has 0 spiro atoms. The second-order valence-electron chi connectivity index (χ2n) is 8.62. The Morgan fingerprint density at radius 3 is 2.41 bits per heavy atom. The highest BCUT2D eigenvalue weighted by atomic mass is 16.6. The van der Waals surface area contributed by atoms with Gasteiger partial charge in [0, 0.05) is 20.0 Å². The molecule has 0 aliphatic carbocycles. The lowest BCUT2D eigenvalue weighted by Crippen LogP contribution is -2.39. The first-order valence-electron chi connectivity index (χ1n) is 12.0. The third-order valence-electron chi connectivity index (χ3n) is 5.51. The van der Waals surface area contributed by atoms with E-state index in [4.69, 9.17) is 14.9 Å². The van der Waals surface area contributed by atoms with Gasteiger partial charge in [0.15, 0.2) is 5.60 Å². The molecular weight excluding hydrogens is 432 g/mol. The summed E-state index contributed by atoms with van der Waals surface area (Å²) in [5.41, 5.74) is 1.16. The molecule has 34 heavy (non-hydrogen) atoms. The molecule has 1 aromatic carbocycles. The van der Waals surface area contributed by atoms with Gasteiger partial charge >= 0.3 is 5.97 Å². The van der Waals surface area contributed by atoms with Crippen molar-refractivity contribution in [3.8, 4) is 5.75 Å². The number of carbonyl (C=O) groups excluding carboxylic acids is 1. The number of ether oxygens (including phenoxy) is 2. The van der Waals surface area contributed by atoms with Gasteiger partial charge in [-0.15, -0.1) is 0 Å². The average Bonchev–Trinajstić information content (AvgIpc) is 2.80. The van der Waals surface area contributed by atoms with Crippen LogP contribution in [0.1, 0.15) is 71.0 Å².